The van der Waals surface area contributed by atoms with Gasteiger partial charge in [0, 0.05) is 5.69 Å². The Balaban J connectivity index is 2.23. The van der Waals surface area contributed by atoms with Crippen LogP contribution in [-0.2, 0) is 13.0 Å². The molecular weight excluding hydrogens is 246 g/mol. The van der Waals surface area contributed by atoms with Crippen LogP contribution < -0.4 is 5.73 Å². The molecule has 2 aromatic rings. The summed E-state index contributed by atoms with van der Waals surface area (Å²) in [7, 11) is 0. The lowest BCUT2D eigenvalue weighted by Gasteiger charge is -2.09. The predicted molar refractivity (Wildman–Crippen MR) is 83.9 cm³/mol. The van der Waals surface area contributed by atoms with Crippen molar-refractivity contribution in [2.45, 2.75) is 40.7 Å². The van der Waals surface area contributed by atoms with E-state index < -0.39 is 0 Å². The highest BCUT2D eigenvalue weighted by Gasteiger charge is 2.14. The average Bonchev–Trinajstić information content (AvgIpc) is 2.66. The summed E-state index contributed by atoms with van der Waals surface area (Å²) in [5, 5.41) is 4.70. The first-order chi connectivity index (χ1) is 9.51. The molecular formula is C17H25N3. The Kier molecular flexibility index (Phi) is 4.61. The number of nitrogens with zero attached hydrogens (tertiary/aromatic N) is 2. The van der Waals surface area contributed by atoms with Crippen molar-refractivity contribution in [3.8, 4) is 0 Å². The topological polar surface area (TPSA) is 43.8 Å². The first-order valence-corrected chi connectivity index (χ1v) is 7.29. The fourth-order valence-corrected chi connectivity index (χ4v) is 2.60. The summed E-state index contributed by atoms with van der Waals surface area (Å²) in [5.74, 6) is 0.504. The first kappa shape index (κ1) is 14.8. The van der Waals surface area contributed by atoms with E-state index in [4.69, 9.17) is 10.8 Å². The minimum atomic E-state index is 0.504. The Morgan fingerprint density at radius 1 is 1.25 bits per heavy atom. The molecule has 1 aromatic carbocycles. The molecule has 0 aliphatic heterocycles. The average molecular weight is 271 g/mol. The number of aryl methyl sites for hydroxylation is 2. The lowest BCUT2D eigenvalue weighted by Crippen LogP contribution is -2.14. The second-order valence-corrected chi connectivity index (χ2v) is 5.84. The van der Waals surface area contributed by atoms with E-state index in [1.807, 2.05) is 0 Å². The van der Waals surface area contributed by atoms with Crippen LogP contribution in [0.5, 0.6) is 0 Å². The van der Waals surface area contributed by atoms with Gasteiger partial charge in [-0.25, -0.2) is 0 Å². The Hall–Kier alpha value is -1.61. The highest BCUT2D eigenvalue weighted by atomic mass is 15.3. The molecule has 1 atom stereocenters. The van der Waals surface area contributed by atoms with Gasteiger partial charge in [-0.15, -0.1) is 0 Å². The minimum Gasteiger partial charge on any atom is -0.330 e. The summed E-state index contributed by atoms with van der Waals surface area (Å²) in [5.41, 5.74) is 12.1. The van der Waals surface area contributed by atoms with Crippen molar-refractivity contribution in [3.05, 3.63) is 52.3 Å². The fraction of sp³-hybridized carbons (Fsp3) is 0.471. The molecule has 0 amide bonds. The molecule has 3 heteroatoms. The second-order valence-electron chi connectivity index (χ2n) is 5.84. The molecule has 0 aliphatic carbocycles. The lowest BCUT2D eigenvalue weighted by molar-refractivity contribution is 0.587. The van der Waals surface area contributed by atoms with Crippen molar-refractivity contribution in [2.24, 2.45) is 11.7 Å². The monoisotopic (exact) mass is 271 g/mol. The Labute approximate surface area is 121 Å². The van der Waals surface area contributed by atoms with Crippen LogP contribution in [0.1, 0.15) is 35.0 Å². The summed E-state index contributed by atoms with van der Waals surface area (Å²) in [6.07, 6.45) is 1.02. The molecule has 108 valence electrons. The third-order valence-corrected chi connectivity index (χ3v) is 3.90. The summed E-state index contributed by atoms with van der Waals surface area (Å²) >= 11 is 0. The Bertz CT molecular complexity index is 584. The maximum Gasteiger partial charge on any atom is 0.0662 e. The van der Waals surface area contributed by atoms with E-state index >= 15 is 0 Å². The highest BCUT2D eigenvalue weighted by molar-refractivity contribution is 5.27. The first-order valence-electron chi connectivity index (χ1n) is 7.29. The molecule has 0 saturated heterocycles. The summed E-state index contributed by atoms with van der Waals surface area (Å²) in [4.78, 5) is 0. The number of benzene rings is 1. The van der Waals surface area contributed by atoms with E-state index in [-0.39, 0.29) is 0 Å². The molecule has 0 radical (unpaired) electrons. The van der Waals surface area contributed by atoms with Gasteiger partial charge in [0.2, 0.25) is 0 Å². The second kappa shape index (κ2) is 6.23. The van der Waals surface area contributed by atoms with Crippen molar-refractivity contribution in [1.29, 1.82) is 0 Å². The largest absolute Gasteiger partial charge is 0.330 e. The number of rotatable bonds is 5. The molecule has 2 rings (SSSR count). The van der Waals surface area contributed by atoms with Gasteiger partial charge in [-0.2, -0.15) is 5.10 Å². The number of hydrogen-bond acceptors (Lipinski definition) is 2. The molecule has 1 unspecified atom stereocenters. The van der Waals surface area contributed by atoms with E-state index in [0.717, 1.165) is 25.2 Å². The number of aromatic nitrogens is 2. The standard InChI is InChI=1S/C17H25N3/c1-12-6-5-7-16(8-12)11-20-15(4)17(14(3)19-20)9-13(2)10-18/h5-8,13H,9-11,18H2,1-4H3. The van der Waals surface area contributed by atoms with Gasteiger partial charge in [-0.3, -0.25) is 4.68 Å². The summed E-state index contributed by atoms with van der Waals surface area (Å²) < 4.78 is 2.11. The third kappa shape index (κ3) is 3.28. The van der Waals surface area contributed by atoms with Crippen LogP contribution in [0.15, 0.2) is 24.3 Å². The molecule has 0 saturated carbocycles. The maximum atomic E-state index is 5.74. The van der Waals surface area contributed by atoms with Crippen LogP contribution in [-0.4, -0.2) is 16.3 Å². The van der Waals surface area contributed by atoms with Crippen LogP contribution in [0.25, 0.3) is 0 Å². The highest BCUT2D eigenvalue weighted by Crippen LogP contribution is 2.18. The SMILES string of the molecule is Cc1cccc(Cn2nc(C)c(CC(C)CN)c2C)c1. The zero-order valence-electron chi connectivity index (χ0n) is 13.0. The summed E-state index contributed by atoms with van der Waals surface area (Å²) in [6.45, 7) is 10.1. The van der Waals surface area contributed by atoms with Crippen LogP contribution in [0.2, 0.25) is 0 Å². The van der Waals surface area contributed by atoms with Gasteiger partial charge in [-0.05, 0) is 50.8 Å². The number of hydrogen-bond donors (Lipinski definition) is 1. The smallest absolute Gasteiger partial charge is 0.0662 e. The van der Waals surface area contributed by atoms with Crippen molar-refractivity contribution in [1.82, 2.24) is 9.78 Å². The van der Waals surface area contributed by atoms with Crippen LogP contribution in [0.4, 0.5) is 0 Å². The molecule has 2 N–H and O–H groups in total. The molecule has 1 aromatic heterocycles. The van der Waals surface area contributed by atoms with Crippen molar-refractivity contribution in [2.75, 3.05) is 6.54 Å². The minimum absolute atomic E-state index is 0.504. The van der Waals surface area contributed by atoms with Gasteiger partial charge < -0.3 is 5.73 Å². The lowest BCUT2D eigenvalue weighted by atomic mass is 10.00. The Morgan fingerprint density at radius 2 is 2.00 bits per heavy atom. The number of nitrogens with two attached hydrogens (primary N) is 1. The zero-order chi connectivity index (χ0) is 14.7. The van der Waals surface area contributed by atoms with Crippen LogP contribution in [0.3, 0.4) is 0 Å². The summed E-state index contributed by atoms with van der Waals surface area (Å²) in [6, 6.07) is 8.61. The van der Waals surface area contributed by atoms with Crippen molar-refractivity contribution in [3.63, 3.8) is 0 Å². The molecule has 0 bridgehead atoms. The van der Waals surface area contributed by atoms with Crippen LogP contribution >= 0.6 is 0 Å². The fourth-order valence-electron chi connectivity index (χ4n) is 2.60. The van der Waals surface area contributed by atoms with Gasteiger partial charge in [-0.1, -0.05) is 36.8 Å². The molecule has 0 fully saturated rings. The Morgan fingerprint density at radius 3 is 2.65 bits per heavy atom. The third-order valence-electron chi connectivity index (χ3n) is 3.90. The van der Waals surface area contributed by atoms with Gasteiger partial charge in [0.25, 0.3) is 0 Å². The van der Waals surface area contributed by atoms with Gasteiger partial charge >= 0.3 is 0 Å². The van der Waals surface area contributed by atoms with Gasteiger partial charge in [0.05, 0.1) is 12.2 Å². The zero-order valence-corrected chi connectivity index (χ0v) is 13.0. The molecule has 0 spiro atoms. The van der Waals surface area contributed by atoms with E-state index in [9.17, 15) is 0 Å². The van der Waals surface area contributed by atoms with E-state index in [1.54, 1.807) is 0 Å². The van der Waals surface area contributed by atoms with E-state index in [0.29, 0.717) is 5.92 Å². The van der Waals surface area contributed by atoms with Gasteiger partial charge in [0.15, 0.2) is 0 Å². The maximum absolute atomic E-state index is 5.74. The molecule has 1 heterocycles. The molecule has 0 aliphatic rings. The molecule has 3 nitrogen and oxygen atoms in total. The van der Waals surface area contributed by atoms with E-state index in [2.05, 4.69) is 56.6 Å². The quantitative estimate of drug-likeness (QED) is 0.908. The van der Waals surface area contributed by atoms with E-state index in [1.165, 1.54) is 22.4 Å². The normalized spacial score (nSPS) is 12.7. The van der Waals surface area contributed by atoms with Crippen molar-refractivity contribution < 1.29 is 0 Å². The van der Waals surface area contributed by atoms with Crippen molar-refractivity contribution >= 4 is 0 Å². The molecule has 20 heavy (non-hydrogen) atoms. The van der Waals surface area contributed by atoms with Gasteiger partial charge in [0.1, 0.15) is 0 Å². The van der Waals surface area contributed by atoms with Crippen LogP contribution in [0, 0.1) is 26.7 Å². The predicted octanol–water partition coefficient (Wildman–Crippen LogP) is 2.99.